The largest absolute Gasteiger partial charge is 0.103 e. The number of hydrogen-bond acceptors (Lipinski definition) is 0. The number of rotatable bonds is 16. The summed E-state index contributed by atoms with van der Waals surface area (Å²) in [5, 5.41) is 0. The fourth-order valence-corrected chi connectivity index (χ4v) is 13.4. The van der Waals surface area contributed by atoms with Gasteiger partial charge in [0.05, 0.1) is 22.6 Å². The quantitative estimate of drug-likeness (QED) is 0.191. The third-order valence-electron chi connectivity index (χ3n) is 6.17. The molecule has 1 heteroatoms. The summed E-state index contributed by atoms with van der Waals surface area (Å²) in [5.74, 6) is 0. The normalized spacial score (nSPS) is 18.4. The summed E-state index contributed by atoms with van der Waals surface area (Å²) in [5.41, 5.74) is 3.07. The Morgan fingerprint density at radius 2 is 0.720 bits per heavy atom. The van der Waals surface area contributed by atoms with E-state index in [-0.39, 0.29) is 0 Å². The van der Waals surface area contributed by atoms with Gasteiger partial charge in [-0.05, 0) is 25.7 Å². The van der Waals surface area contributed by atoms with E-state index in [0.29, 0.717) is 0 Å². The third-order valence-corrected chi connectivity index (χ3v) is 13.5. The maximum absolute atomic E-state index is 4.11. The lowest BCUT2D eigenvalue weighted by atomic mass is 10.2. The Morgan fingerprint density at radius 3 is 0.840 bits per heavy atom. The standard InChI is InChI=1S/C24H44P/c1-9-17-21(13-5)25(22(14-6)18-10-2,23(15-7)19-11-3)24(16-8)20-12-4/h9-12,21-24H,1-4,13-20H2,5-8H3/q+1. The van der Waals surface area contributed by atoms with Gasteiger partial charge in [-0.2, -0.15) is 0 Å². The molecule has 0 amide bonds. The summed E-state index contributed by atoms with van der Waals surface area (Å²) < 4.78 is 0. The van der Waals surface area contributed by atoms with Crippen molar-refractivity contribution in [3.05, 3.63) is 50.6 Å². The van der Waals surface area contributed by atoms with Crippen molar-refractivity contribution < 1.29 is 0 Å². The maximum atomic E-state index is 4.11. The Balaban J connectivity index is 6.60. The van der Waals surface area contributed by atoms with Crippen LogP contribution in [0.5, 0.6) is 0 Å². The molecule has 4 unspecified atom stereocenters. The molecule has 0 saturated heterocycles. The lowest BCUT2D eigenvalue weighted by Crippen LogP contribution is -2.38. The molecule has 0 radical (unpaired) electrons. The van der Waals surface area contributed by atoms with Gasteiger partial charge in [0.2, 0.25) is 0 Å². The highest BCUT2D eigenvalue weighted by atomic mass is 31.2. The van der Waals surface area contributed by atoms with Gasteiger partial charge in [-0.15, -0.1) is 26.3 Å². The molecule has 0 spiro atoms. The van der Waals surface area contributed by atoms with Crippen LogP contribution in [0.25, 0.3) is 0 Å². The van der Waals surface area contributed by atoms with Gasteiger partial charge in [0.1, 0.15) is 0 Å². The number of allylic oxidation sites excluding steroid dienone is 4. The molecule has 0 saturated carbocycles. The van der Waals surface area contributed by atoms with Crippen molar-refractivity contribution in [3.8, 4) is 0 Å². The molecule has 0 nitrogen and oxygen atoms in total. The Morgan fingerprint density at radius 1 is 0.520 bits per heavy atom. The monoisotopic (exact) mass is 363 g/mol. The zero-order valence-corrected chi connectivity index (χ0v) is 18.4. The molecule has 0 bridgehead atoms. The maximum Gasteiger partial charge on any atom is 0.0737 e. The highest BCUT2D eigenvalue weighted by Crippen LogP contribution is 2.79. The first-order chi connectivity index (χ1) is 12.1. The van der Waals surface area contributed by atoms with E-state index in [1.807, 2.05) is 0 Å². The second kappa shape index (κ2) is 13.6. The summed E-state index contributed by atoms with van der Waals surface area (Å²) >= 11 is 0. The van der Waals surface area contributed by atoms with Crippen LogP contribution < -0.4 is 0 Å². The van der Waals surface area contributed by atoms with Crippen LogP contribution in [0.2, 0.25) is 0 Å². The Bertz CT molecular complexity index is 317. The molecule has 0 rings (SSSR count). The zero-order chi connectivity index (χ0) is 19.3. The topological polar surface area (TPSA) is 0 Å². The van der Waals surface area contributed by atoms with E-state index >= 15 is 0 Å². The lowest BCUT2D eigenvalue weighted by molar-refractivity contribution is 0.654. The number of hydrogen-bond donors (Lipinski definition) is 0. The second-order valence-electron chi connectivity index (χ2n) is 7.24. The van der Waals surface area contributed by atoms with Crippen LogP contribution in [0.15, 0.2) is 50.6 Å². The van der Waals surface area contributed by atoms with Crippen molar-refractivity contribution in [2.75, 3.05) is 0 Å². The average molecular weight is 364 g/mol. The highest BCUT2D eigenvalue weighted by molar-refractivity contribution is 7.78. The summed E-state index contributed by atoms with van der Waals surface area (Å²) in [7, 11) is -1.29. The zero-order valence-electron chi connectivity index (χ0n) is 17.6. The smallest absolute Gasteiger partial charge is 0.0737 e. The van der Waals surface area contributed by atoms with Crippen molar-refractivity contribution in [3.63, 3.8) is 0 Å². The predicted molar refractivity (Wildman–Crippen MR) is 122 cm³/mol. The van der Waals surface area contributed by atoms with Gasteiger partial charge in [-0.3, -0.25) is 0 Å². The molecule has 0 aromatic carbocycles. The molecule has 0 aliphatic rings. The van der Waals surface area contributed by atoms with Gasteiger partial charge in [0.15, 0.2) is 0 Å². The fourth-order valence-electron chi connectivity index (χ4n) is 5.22. The van der Waals surface area contributed by atoms with Crippen molar-refractivity contribution in [1.82, 2.24) is 0 Å². The summed E-state index contributed by atoms with van der Waals surface area (Å²) in [4.78, 5) is 0. The SMILES string of the molecule is C=CCC(CC)[P+](C(CC)CC=C)(C(CC)CC=C)C(CC)CC=C. The van der Waals surface area contributed by atoms with E-state index in [1.54, 1.807) is 0 Å². The minimum atomic E-state index is -1.29. The van der Waals surface area contributed by atoms with E-state index in [2.05, 4.69) is 78.3 Å². The molecule has 0 N–H and O–H groups in total. The molecule has 144 valence electrons. The summed E-state index contributed by atoms with van der Waals surface area (Å²) in [6, 6.07) is 0. The van der Waals surface area contributed by atoms with Crippen LogP contribution >= 0.6 is 7.26 Å². The second-order valence-corrected chi connectivity index (χ2v) is 12.0. The first kappa shape index (κ1) is 24.4. The molecular formula is C24H44P+. The predicted octanol–water partition coefficient (Wildman–Crippen LogP) is 8.42. The third kappa shape index (κ3) is 5.68. The minimum absolute atomic E-state index is 0.768. The molecular weight excluding hydrogens is 319 g/mol. The fraction of sp³-hybridized carbons (Fsp3) is 0.667. The van der Waals surface area contributed by atoms with E-state index in [0.717, 1.165) is 48.3 Å². The Kier molecular flexibility index (Phi) is 13.2. The molecule has 0 aromatic rings. The minimum Gasteiger partial charge on any atom is -0.103 e. The van der Waals surface area contributed by atoms with E-state index in [1.165, 1.54) is 25.7 Å². The van der Waals surface area contributed by atoms with E-state index < -0.39 is 7.26 Å². The van der Waals surface area contributed by atoms with E-state index in [4.69, 9.17) is 0 Å². The molecule has 0 aliphatic heterocycles. The first-order valence-corrected chi connectivity index (χ1v) is 12.5. The van der Waals surface area contributed by atoms with Crippen molar-refractivity contribution >= 4 is 7.26 Å². The Hall–Kier alpha value is -0.610. The molecule has 4 atom stereocenters. The highest BCUT2D eigenvalue weighted by Gasteiger charge is 2.58. The molecule has 0 fully saturated rings. The van der Waals surface area contributed by atoms with Crippen LogP contribution in [0.4, 0.5) is 0 Å². The molecule has 0 heterocycles. The molecule has 25 heavy (non-hydrogen) atoms. The van der Waals surface area contributed by atoms with Crippen LogP contribution in [-0.4, -0.2) is 22.6 Å². The van der Waals surface area contributed by atoms with Crippen LogP contribution in [0.3, 0.4) is 0 Å². The first-order valence-electron chi connectivity index (χ1n) is 10.4. The molecule has 0 aromatic heterocycles. The van der Waals surface area contributed by atoms with E-state index in [9.17, 15) is 0 Å². The van der Waals surface area contributed by atoms with Crippen molar-refractivity contribution in [2.24, 2.45) is 0 Å². The Labute approximate surface area is 159 Å². The van der Waals surface area contributed by atoms with Crippen LogP contribution in [-0.2, 0) is 0 Å². The van der Waals surface area contributed by atoms with Gasteiger partial charge >= 0.3 is 0 Å². The summed E-state index contributed by atoms with van der Waals surface area (Å²) in [6.45, 7) is 26.0. The van der Waals surface area contributed by atoms with Crippen LogP contribution in [0.1, 0.15) is 79.1 Å². The van der Waals surface area contributed by atoms with Gasteiger partial charge in [0, 0.05) is 32.9 Å². The van der Waals surface area contributed by atoms with Crippen molar-refractivity contribution in [1.29, 1.82) is 0 Å². The van der Waals surface area contributed by atoms with Crippen LogP contribution in [0, 0.1) is 0 Å². The van der Waals surface area contributed by atoms with Gasteiger partial charge in [0.25, 0.3) is 0 Å². The summed E-state index contributed by atoms with van der Waals surface area (Å²) in [6.07, 6.45) is 18.3. The van der Waals surface area contributed by atoms with Gasteiger partial charge in [-0.25, -0.2) is 0 Å². The molecule has 0 aliphatic carbocycles. The lowest BCUT2D eigenvalue weighted by Gasteiger charge is -2.49. The average Bonchev–Trinajstić information content (AvgIpc) is 2.63. The van der Waals surface area contributed by atoms with Crippen molar-refractivity contribution in [2.45, 2.75) is 102 Å². The van der Waals surface area contributed by atoms with Gasteiger partial charge in [-0.1, -0.05) is 52.0 Å². The van der Waals surface area contributed by atoms with Gasteiger partial charge < -0.3 is 0 Å².